The maximum absolute atomic E-state index is 11.6. The molecule has 0 spiro atoms. The highest BCUT2D eigenvalue weighted by atomic mass is 16.1. The van der Waals surface area contributed by atoms with Crippen molar-refractivity contribution in [3.05, 3.63) is 35.0 Å². The number of nitrogens with zero attached hydrogens (tertiary/aromatic N) is 2. The molecule has 0 bridgehead atoms. The van der Waals surface area contributed by atoms with Crippen molar-refractivity contribution in [3.8, 4) is 0 Å². The third-order valence-corrected chi connectivity index (χ3v) is 5.07. The molecule has 2 heterocycles. The van der Waals surface area contributed by atoms with E-state index in [2.05, 4.69) is 34.6 Å². The Hall–Kier alpha value is -1.61. The number of aromatic nitrogens is 1. The molecule has 3 heteroatoms. The monoisotopic (exact) mass is 282 g/mol. The molecular weight excluding hydrogens is 260 g/mol. The predicted molar refractivity (Wildman–Crippen MR) is 84.6 cm³/mol. The summed E-state index contributed by atoms with van der Waals surface area (Å²) in [7, 11) is 0. The first kappa shape index (κ1) is 13.1. The zero-order valence-electron chi connectivity index (χ0n) is 12.9. The summed E-state index contributed by atoms with van der Waals surface area (Å²) in [4.78, 5) is 14.0. The van der Waals surface area contributed by atoms with Crippen molar-refractivity contribution in [1.82, 2.24) is 9.47 Å². The molecule has 0 amide bonds. The molecule has 1 aromatic carbocycles. The van der Waals surface area contributed by atoms with Gasteiger partial charge in [-0.3, -0.25) is 9.69 Å². The van der Waals surface area contributed by atoms with Gasteiger partial charge in [0.2, 0.25) is 0 Å². The standard InChI is InChI=1S/C18H22N2O/c1-12-6-7-16-15(10-12)14-4-3-5-17-18(14)20(16)9-8-19(17)11-13(2)21/h6-7,10,17H,3-5,8-9,11H2,1-2H3/t17-/m1/s1. The van der Waals surface area contributed by atoms with Crippen LogP contribution in [0.2, 0.25) is 0 Å². The maximum atomic E-state index is 11.6. The summed E-state index contributed by atoms with van der Waals surface area (Å²) >= 11 is 0. The van der Waals surface area contributed by atoms with Gasteiger partial charge in [-0.15, -0.1) is 0 Å². The Morgan fingerprint density at radius 2 is 2.19 bits per heavy atom. The molecule has 0 N–H and O–H groups in total. The molecule has 2 aliphatic rings. The molecule has 0 fully saturated rings. The second-order valence-corrected chi connectivity index (χ2v) is 6.62. The maximum Gasteiger partial charge on any atom is 0.143 e. The van der Waals surface area contributed by atoms with Crippen molar-refractivity contribution in [2.75, 3.05) is 13.1 Å². The third kappa shape index (κ3) is 1.95. The van der Waals surface area contributed by atoms with E-state index < -0.39 is 0 Å². The van der Waals surface area contributed by atoms with Crippen molar-refractivity contribution >= 4 is 16.7 Å². The van der Waals surface area contributed by atoms with E-state index in [1.165, 1.54) is 41.4 Å². The lowest BCUT2D eigenvalue weighted by atomic mass is 9.89. The number of fused-ring (bicyclic) bond motifs is 3. The van der Waals surface area contributed by atoms with Gasteiger partial charge in [-0.2, -0.15) is 0 Å². The van der Waals surface area contributed by atoms with Crippen LogP contribution in [0.15, 0.2) is 18.2 Å². The molecule has 0 radical (unpaired) electrons. The second-order valence-electron chi connectivity index (χ2n) is 6.62. The fourth-order valence-electron chi connectivity index (χ4n) is 4.27. The zero-order valence-corrected chi connectivity index (χ0v) is 12.9. The smallest absolute Gasteiger partial charge is 0.143 e. The van der Waals surface area contributed by atoms with Crippen molar-refractivity contribution in [1.29, 1.82) is 0 Å². The number of carbonyl (C=O) groups is 1. The predicted octanol–water partition coefficient (Wildman–Crippen LogP) is 3.23. The molecule has 21 heavy (non-hydrogen) atoms. The van der Waals surface area contributed by atoms with E-state index in [0.29, 0.717) is 12.6 Å². The average molecular weight is 282 g/mol. The Balaban J connectivity index is 1.90. The quantitative estimate of drug-likeness (QED) is 0.845. The number of aryl methyl sites for hydroxylation is 2. The zero-order chi connectivity index (χ0) is 14.6. The molecule has 0 unspecified atom stereocenters. The van der Waals surface area contributed by atoms with Gasteiger partial charge in [-0.1, -0.05) is 11.6 Å². The molecule has 3 nitrogen and oxygen atoms in total. The topological polar surface area (TPSA) is 25.2 Å². The van der Waals surface area contributed by atoms with E-state index in [4.69, 9.17) is 0 Å². The number of Topliss-reactive ketones (excluding diaryl/α,β-unsaturated/α-hetero) is 1. The molecule has 1 aliphatic carbocycles. The summed E-state index contributed by atoms with van der Waals surface area (Å²) in [5.74, 6) is 0.280. The Bertz CT molecular complexity index is 728. The lowest BCUT2D eigenvalue weighted by Gasteiger charge is -2.39. The Kier molecular flexibility index (Phi) is 2.93. The number of hydrogen-bond acceptors (Lipinski definition) is 2. The number of hydrogen-bond donors (Lipinski definition) is 0. The van der Waals surface area contributed by atoms with Gasteiger partial charge < -0.3 is 4.57 Å². The van der Waals surface area contributed by atoms with Crippen LogP contribution in [-0.2, 0) is 17.8 Å². The van der Waals surface area contributed by atoms with Gasteiger partial charge in [0.25, 0.3) is 0 Å². The van der Waals surface area contributed by atoms with Crippen LogP contribution in [0, 0.1) is 6.92 Å². The average Bonchev–Trinajstić information content (AvgIpc) is 2.77. The summed E-state index contributed by atoms with van der Waals surface area (Å²) in [5, 5.41) is 1.44. The highest BCUT2D eigenvalue weighted by Gasteiger charge is 2.34. The van der Waals surface area contributed by atoms with Crippen molar-refractivity contribution in [2.24, 2.45) is 0 Å². The van der Waals surface area contributed by atoms with E-state index in [-0.39, 0.29) is 5.78 Å². The number of ketones is 1. The van der Waals surface area contributed by atoms with E-state index >= 15 is 0 Å². The Morgan fingerprint density at radius 3 is 3.00 bits per heavy atom. The number of carbonyl (C=O) groups excluding carboxylic acids is 1. The first-order valence-electron chi connectivity index (χ1n) is 8.00. The molecule has 110 valence electrons. The van der Waals surface area contributed by atoms with Crippen LogP contribution >= 0.6 is 0 Å². The van der Waals surface area contributed by atoms with Crippen LogP contribution in [0.3, 0.4) is 0 Å². The summed E-state index contributed by atoms with van der Waals surface area (Å²) < 4.78 is 2.52. The molecule has 1 aromatic heterocycles. The van der Waals surface area contributed by atoms with Crippen molar-refractivity contribution < 1.29 is 4.79 Å². The van der Waals surface area contributed by atoms with Crippen LogP contribution in [-0.4, -0.2) is 28.3 Å². The first-order chi connectivity index (χ1) is 10.1. The van der Waals surface area contributed by atoms with Crippen LogP contribution in [0.25, 0.3) is 10.9 Å². The number of rotatable bonds is 2. The molecule has 0 saturated carbocycles. The Morgan fingerprint density at radius 1 is 1.33 bits per heavy atom. The minimum absolute atomic E-state index is 0.280. The molecule has 0 saturated heterocycles. The van der Waals surface area contributed by atoms with Gasteiger partial charge in [0.05, 0.1) is 12.6 Å². The van der Waals surface area contributed by atoms with Gasteiger partial charge in [-0.05, 0) is 50.8 Å². The van der Waals surface area contributed by atoms with Gasteiger partial charge in [0.1, 0.15) is 5.78 Å². The normalized spacial score (nSPS) is 21.5. The van der Waals surface area contributed by atoms with E-state index in [1.54, 1.807) is 12.5 Å². The fourth-order valence-corrected chi connectivity index (χ4v) is 4.27. The molecule has 2 aromatic rings. The minimum atomic E-state index is 0.280. The summed E-state index contributed by atoms with van der Waals surface area (Å²) in [6, 6.07) is 7.28. The van der Waals surface area contributed by atoms with Crippen LogP contribution in [0.5, 0.6) is 0 Å². The van der Waals surface area contributed by atoms with Crippen molar-refractivity contribution in [2.45, 2.75) is 45.7 Å². The third-order valence-electron chi connectivity index (χ3n) is 5.07. The molecular formula is C18H22N2O. The van der Waals surface area contributed by atoms with E-state index in [9.17, 15) is 4.79 Å². The van der Waals surface area contributed by atoms with Gasteiger partial charge >= 0.3 is 0 Å². The Labute approximate surface area is 125 Å². The summed E-state index contributed by atoms with van der Waals surface area (Å²) in [6.07, 6.45) is 3.61. The highest BCUT2D eigenvalue weighted by molar-refractivity contribution is 5.87. The van der Waals surface area contributed by atoms with Gasteiger partial charge in [0, 0.05) is 29.7 Å². The summed E-state index contributed by atoms with van der Waals surface area (Å²) in [5.41, 5.74) is 5.76. The molecule has 1 atom stereocenters. The van der Waals surface area contributed by atoms with Crippen molar-refractivity contribution in [3.63, 3.8) is 0 Å². The van der Waals surface area contributed by atoms with Crippen LogP contribution < -0.4 is 0 Å². The largest absolute Gasteiger partial charge is 0.342 e. The SMILES string of the molecule is CC(=O)CN1CCn2c3c(c4cc(C)ccc42)CCC[C@H]31. The fraction of sp³-hybridized carbons (Fsp3) is 0.500. The lowest BCUT2D eigenvalue weighted by Crippen LogP contribution is -2.41. The number of benzene rings is 1. The van der Waals surface area contributed by atoms with Gasteiger partial charge in [-0.25, -0.2) is 0 Å². The molecule has 4 rings (SSSR count). The van der Waals surface area contributed by atoms with Gasteiger partial charge in [0.15, 0.2) is 0 Å². The minimum Gasteiger partial charge on any atom is -0.342 e. The van der Waals surface area contributed by atoms with E-state index in [0.717, 1.165) is 13.1 Å². The lowest BCUT2D eigenvalue weighted by molar-refractivity contribution is -0.119. The highest BCUT2D eigenvalue weighted by Crippen LogP contribution is 2.42. The second kappa shape index (κ2) is 4.70. The first-order valence-corrected chi connectivity index (χ1v) is 8.00. The van der Waals surface area contributed by atoms with Crippen LogP contribution in [0.4, 0.5) is 0 Å². The summed E-state index contributed by atoms with van der Waals surface area (Å²) in [6.45, 7) is 6.49. The van der Waals surface area contributed by atoms with Crippen LogP contribution in [0.1, 0.15) is 42.6 Å². The molecule has 1 aliphatic heterocycles. The van der Waals surface area contributed by atoms with E-state index in [1.807, 2.05) is 0 Å².